The number of anilines is 2. The number of nitrogens with one attached hydrogen (secondary N) is 1. The third kappa shape index (κ3) is 2.25. The van der Waals surface area contributed by atoms with Gasteiger partial charge in [0.25, 0.3) is 0 Å². The number of rotatable bonds is 3. The fraction of sp³-hybridized carbons (Fsp3) is 0.250. The van der Waals surface area contributed by atoms with Gasteiger partial charge in [0.1, 0.15) is 0 Å². The molecule has 0 aliphatic carbocycles. The lowest BCUT2D eigenvalue weighted by molar-refractivity contribution is 0.795. The summed E-state index contributed by atoms with van der Waals surface area (Å²) in [5.74, 6) is 0. The highest BCUT2D eigenvalue weighted by Crippen LogP contribution is 2.44. The zero-order valence-corrected chi connectivity index (χ0v) is 11.4. The predicted octanol–water partition coefficient (Wildman–Crippen LogP) is 5.24. The Hall–Kier alpha value is -1.41. The molecule has 0 amide bonds. The van der Waals surface area contributed by atoms with Gasteiger partial charge in [-0.15, -0.1) is 0 Å². The predicted molar refractivity (Wildman–Crippen MR) is 78.9 cm³/mol. The molecule has 0 saturated carbocycles. The van der Waals surface area contributed by atoms with E-state index >= 15 is 0 Å². The summed E-state index contributed by atoms with van der Waals surface area (Å²) >= 11 is 1.85. The number of benzene rings is 2. The van der Waals surface area contributed by atoms with E-state index < -0.39 is 0 Å². The van der Waals surface area contributed by atoms with Crippen molar-refractivity contribution < 1.29 is 0 Å². The van der Waals surface area contributed by atoms with Gasteiger partial charge >= 0.3 is 0 Å². The number of para-hydroxylation sites is 1. The average Bonchev–Trinajstić information content (AvgIpc) is 2.42. The Bertz CT molecular complexity index is 563. The average molecular weight is 255 g/mol. The van der Waals surface area contributed by atoms with Crippen molar-refractivity contribution in [2.45, 2.75) is 36.0 Å². The van der Waals surface area contributed by atoms with E-state index in [-0.39, 0.29) is 0 Å². The first-order valence-electron chi connectivity index (χ1n) is 6.53. The quantitative estimate of drug-likeness (QED) is 0.687. The van der Waals surface area contributed by atoms with Gasteiger partial charge in [0.05, 0.1) is 11.4 Å². The van der Waals surface area contributed by atoms with E-state index in [1.165, 1.54) is 46.0 Å². The summed E-state index contributed by atoms with van der Waals surface area (Å²) in [4.78, 5) is 2.64. The summed E-state index contributed by atoms with van der Waals surface area (Å²) in [5, 5.41) is 3.54. The van der Waals surface area contributed by atoms with Crippen LogP contribution in [0.1, 0.15) is 25.3 Å². The molecule has 2 aromatic carbocycles. The van der Waals surface area contributed by atoms with Crippen molar-refractivity contribution >= 4 is 23.1 Å². The number of fused-ring (bicyclic) bond motifs is 2. The molecule has 1 aliphatic rings. The van der Waals surface area contributed by atoms with Crippen LogP contribution in [0.2, 0.25) is 0 Å². The number of hydrogen-bond acceptors (Lipinski definition) is 2. The molecule has 1 nitrogen and oxygen atoms in total. The Labute approximate surface area is 113 Å². The minimum absolute atomic E-state index is 1.18. The second-order valence-electron chi connectivity index (χ2n) is 4.66. The second kappa shape index (κ2) is 5.07. The fourth-order valence-electron chi connectivity index (χ4n) is 2.22. The summed E-state index contributed by atoms with van der Waals surface area (Å²) < 4.78 is 0. The van der Waals surface area contributed by atoms with E-state index in [9.17, 15) is 0 Å². The number of unbranched alkanes of at least 4 members (excludes halogenated alkanes) is 1. The van der Waals surface area contributed by atoms with Crippen LogP contribution in [0.4, 0.5) is 11.4 Å². The van der Waals surface area contributed by atoms with Gasteiger partial charge in [-0.05, 0) is 42.7 Å². The van der Waals surface area contributed by atoms with E-state index in [2.05, 4.69) is 54.7 Å². The lowest BCUT2D eigenvalue weighted by atomic mass is 10.1. The molecular weight excluding hydrogens is 238 g/mol. The van der Waals surface area contributed by atoms with E-state index in [4.69, 9.17) is 0 Å². The minimum Gasteiger partial charge on any atom is -0.354 e. The molecule has 0 radical (unpaired) electrons. The Morgan fingerprint density at radius 1 is 1.00 bits per heavy atom. The largest absolute Gasteiger partial charge is 0.354 e. The molecule has 0 unspecified atom stereocenters. The molecule has 0 fully saturated rings. The standard InChI is InChI=1S/C16H17NS/c1-2-3-6-12-9-10-16-14(11-12)17-13-7-4-5-8-15(13)18-16/h4-5,7-11,17H,2-3,6H2,1H3. The molecule has 1 heterocycles. The molecule has 0 spiro atoms. The van der Waals surface area contributed by atoms with E-state index in [0.717, 1.165) is 0 Å². The van der Waals surface area contributed by atoms with E-state index in [1.807, 2.05) is 11.8 Å². The van der Waals surface area contributed by atoms with E-state index in [0.29, 0.717) is 0 Å². The fourth-order valence-corrected chi connectivity index (χ4v) is 3.19. The molecule has 18 heavy (non-hydrogen) atoms. The van der Waals surface area contributed by atoms with Gasteiger partial charge in [-0.25, -0.2) is 0 Å². The number of hydrogen-bond donors (Lipinski definition) is 1. The topological polar surface area (TPSA) is 12.0 Å². The summed E-state index contributed by atoms with van der Waals surface area (Å²) in [6.07, 6.45) is 3.70. The van der Waals surface area contributed by atoms with Crippen molar-refractivity contribution in [1.82, 2.24) is 0 Å². The van der Waals surface area contributed by atoms with Crippen LogP contribution in [0.5, 0.6) is 0 Å². The summed E-state index contributed by atoms with van der Waals surface area (Å²) in [5.41, 5.74) is 3.91. The van der Waals surface area contributed by atoms with Crippen LogP contribution in [-0.2, 0) is 6.42 Å². The summed E-state index contributed by atoms with van der Waals surface area (Å²) in [7, 11) is 0. The Kier molecular flexibility index (Phi) is 3.28. The first-order valence-corrected chi connectivity index (χ1v) is 7.35. The van der Waals surface area contributed by atoms with Gasteiger partial charge in [-0.2, -0.15) is 0 Å². The van der Waals surface area contributed by atoms with Crippen LogP contribution >= 0.6 is 11.8 Å². The molecule has 1 N–H and O–H groups in total. The van der Waals surface area contributed by atoms with Crippen LogP contribution in [0.15, 0.2) is 52.3 Å². The first-order chi connectivity index (χ1) is 8.86. The van der Waals surface area contributed by atoms with Crippen LogP contribution < -0.4 is 5.32 Å². The Morgan fingerprint density at radius 3 is 2.72 bits per heavy atom. The Balaban J connectivity index is 1.89. The molecule has 2 aromatic rings. The SMILES string of the molecule is CCCCc1ccc2c(c1)Nc1ccccc1S2. The third-order valence-electron chi connectivity index (χ3n) is 3.24. The van der Waals surface area contributed by atoms with Gasteiger partial charge < -0.3 is 5.32 Å². The lowest BCUT2D eigenvalue weighted by Gasteiger charge is -2.21. The second-order valence-corrected chi connectivity index (χ2v) is 5.74. The molecule has 0 aromatic heterocycles. The molecule has 2 heteroatoms. The zero-order valence-electron chi connectivity index (χ0n) is 10.6. The first kappa shape index (κ1) is 11.7. The van der Waals surface area contributed by atoms with Crippen molar-refractivity contribution in [3.8, 4) is 0 Å². The molecule has 0 saturated heterocycles. The normalized spacial score (nSPS) is 12.5. The van der Waals surface area contributed by atoms with Crippen molar-refractivity contribution in [1.29, 1.82) is 0 Å². The number of aryl methyl sites for hydroxylation is 1. The van der Waals surface area contributed by atoms with Crippen molar-refractivity contribution in [3.05, 3.63) is 48.0 Å². The zero-order chi connectivity index (χ0) is 12.4. The van der Waals surface area contributed by atoms with Crippen LogP contribution in [0, 0.1) is 0 Å². The van der Waals surface area contributed by atoms with Crippen LogP contribution in [-0.4, -0.2) is 0 Å². The molecule has 0 atom stereocenters. The maximum Gasteiger partial charge on any atom is 0.0529 e. The highest BCUT2D eigenvalue weighted by atomic mass is 32.2. The van der Waals surface area contributed by atoms with Crippen molar-refractivity contribution in [3.63, 3.8) is 0 Å². The maximum absolute atomic E-state index is 3.54. The van der Waals surface area contributed by atoms with Gasteiger partial charge in [0.2, 0.25) is 0 Å². The van der Waals surface area contributed by atoms with Crippen LogP contribution in [0.3, 0.4) is 0 Å². The smallest absolute Gasteiger partial charge is 0.0529 e. The van der Waals surface area contributed by atoms with E-state index in [1.54, 1.807) is 0 Å². The van der Waals surface area contributed by atoms with Gasteiger partial charge in [0, 0.05) is 9.79 Å². The molecule has 92 valence electrons. The minimum atomic E-state index is 1.18. The molecule has 1 aliphatic heterocycles. The lowest BCUT2D eigenvalue weighted by Crippen LogP contribution is -2.00. The Morgan fingerprint density at radius 2 is 1.83 bits per heavy atom. The van der Waals surface area contributed by atoms with Gasteiger partial charge in [0.15, 0.2) is 0 Å². The van der Waals surface area contributed by atoms with Crippen LogP contribution in [0.25, 0.3) is 0 Å². The van der Waals surface area contributed by atoms with Gasteiger partial charge in [-0.1, -0.05) is 43.3 Å². The third-order valence-corrected chi connectivity index (χ3v) is 4.39. The molecular formula is C16H17NS. The molecule has 0 bridgehead atoms. The molecule has 3 rings (SSSR count). The highest BCUT2D eigenvalue weighted by Gasteiger charge is 2.14. The summed E-state index contributed by atoms with van der Waals surface area (Å²) in [6, 6.07) is 15.3. The maximum atomic E-state index is 3.54. The highest BCUT2D eigenvalue weighted by molar-refractivity contribution is 7.99. The monoisotopic (exact) mass is 255 g/mol. The van der Waals surface area contributed by atoms with Gasteiger partial charge in [-0.3, -0.25) is 0 Å². The summed E-state index contributed by atoms with van der Waals surface area (Å²) in [6.45, 7) is 2.24. The van der Waals surface area contributed by atoms with Crippen molar-refractivity contribution in [2.75, 3.05) is 5.32 Å². The van der Waals surface area contributed by atoms with Crippen molar-refractivity contribution in [2.24, 2.45) is 0 Å².